The molecule has 14 heavy (non-hydrogen) atoms. The normalized spacial score (nSPS) is 10.4. The zero-order valence-corrected chi connectivity index (χ0v) is 8.36. The third kappa shape index (κ3) is 2.58. The molecule has 0 aliphatic rings. The first-order chi connectivity index (χ1) is 6.61. The summed E-state index contributed by atoms with van der Waals surface area (Å²) in [7, 11) is 0. The maximum Gasteiger partial charge on any atom is 0.211 e. The third-order valence-electron chi connectivity index (χ3n) is 2.02. The van der Waals surface area contributed by atoms with Crippen molar-refractivity contribution in [1.29, 1.82) is 0 Å². The Morgan fingerprint density at radius 1 is 1.29 bits per heavy atom. The molecule has 4 nitrogen and oxygen atoms in total. The van der Waals surface area contributed by atoms with Crippen LogP contribution in [0.2, 0.25) is 0 Å². The summed E-state index contributed by atoms with van der Waals surface area (Å²) in [6, 6.07) is 5.99. The van der Waals surface area contributed by atoms with Gasteiger partial charge >= 0.3 is 0 Å². The van der Waals surface area contributed by atoms with Crippen LogP contribution in [0.1, 0.15) is 16.7 Å². The zero-order valence-electron chi connectivity index (χ0n) is 8.36. The van der Waals surface area contributed by atoms with Crippen LogP contribution < -0.4 is 11.5 Å². The van der Waals surface area contributed by atoms with Crippen molar-refractivity contribution in [2.24, 2.45) is 21.7 Å². The van der Waals surface area contributed by atoms with E-state index < -0.39 is 0 Å². The van der Waals surface area contributed by atoms with Crippen molar-refractivity contribution in [3.63, 3.8) is 0 Å². The van der Waals surface area contributed by atoms with Gasteiger partial charge in [0.15, 0.2) is 0 Å². The molecule has 0 saturated carbocycles. The van der Waals surface area contributed by atoms with Crippen molar-refractivity contribution in [2.45, 2.75) is 13.8 Å². The molecule has 0 spiro atoms. The molecule has 0 saturated heterocycles. The molecule has 1 aromatic rings. The predicted octanol–water partition coefficient (Wildman–Crippen LogP) is 0.911. The monoisotopic (exact) mass is 190 g/mol. The van der Waals surface area contributed by atoms with Crippen LogP contribution in [-0.4, -0.2) is 12.2 Å². The van der Waals surface area contributed by atoms with Crippen molar-refractivity contribution in [3.8, 4) is 0 Å². The van der Waals surface area contributed by atoms with Gasteiger partial charge in [-0.1, -0.05) is 18.2 Å². The molecule has 1 aromatic carbocycles. The summed E-state index contributed by atoms with van der Waals surface area (Å²) in [6.45, 7) is 4.08. The topological polar surface area (TPSA) is 76.8 Å². The average Bonchev–Trinajstić information content (AvgIpc) is 2.12. The van der Waals surface area contributed by atoms with Gasteiger partial charge < -0.3 is 11.5 Å². The zero-order chi connectivity index (χ0) is 10.6. The maximum atomic E-state index is 5.14. The second-order valence-electron chi connectivity index (χ2n) is 3.06. The second kappa shape index (κ2) is 4.41. The molecule has 4 heteroatoms. The largest absolute Gasteiger partial charge is 0.369 e. The molecule has 0 radical (unpaired) electrons. The fourth-order valence-corrected chi connectivity index (χ4v) is 1.07. The molecular formula is C10H14N4. The van der Waals surface area contributed by atoms with Gasteiger partial charge in [-0.3, -0.25) is 0 Å². The minimum atomic E-state index is -0.0356. The Labute approximate surface area is 83.3 Å². The maximum absolute atomic E-state index is 5.14. The number of aryl methyl sites for hydroxylation is 1. The number of rotatable bonds is 2. The van der Waals surface area contributed by atoms with Crippen molar-refractivity contribution in [2.75, 3.05) is 0 Å². The van der Waals surface area contributed by atoms with Crippen LogP contribution in [0.4, 0.5) is 0 Å². The average molecular weight is 190 g/mol. The molecule has 0 amide bonds. The van der Waals surface area contributed by atoms with Gasteiger partial charge in [-0.15, -0.1) is 5.10 Å². The minimum Gasteiger partial charge on any atom is -0.369 e. The molecule has 0 heterocycles. The van der Waals surface area contributed by atoms with Gasteiger partial charge in [-0.2, -0.15) is 5.10 Å². The Morgan fingerprint density at radius 3 is 2.64 bits per heavy atom. The minimum absolute atomic E-state index is 0.0356. The van der Waals surface area contributed by atoms with E-state index >= 15 is 0 Å². The summed E-state index contributed by atoms with van der Waals surface area (Å²) >= 11 is 0. The van der Waals surface area contributed by atoms with Gasteiger partial charge in [0.2, 0.25) is 5.96 Å². The summed E-state index contributed by atoms with van der Waals surface area (Å²) in [5, 5.41) is 7.29. The Kier molecular flexibility index (Phi) is 3.23. The number of benzene rings is 1. The van der Waals surface area contributed by atoms with E-state index in [0.29, 0.717) is 0 Å². The summed E-state index contributed by atoms with van der Waals surface area (Å²) in [4.78, 5) is 0. The molecule has 0 bridgehead atoms. The lowest BCUT2D eigenvalue weighted by molar-refractivity contribution is 1.21. The molecule has 1 rings (SSSR count). The van der Waals surface area contributed by atoms with Gasteiger partial charge in [0.1, 0.15) is 0 Å². The van der Waals surface area contributed by atoms with Crippen molar-refractivity contribution in [1.82, 2.24) is 0 Å². The number of hydrogen-bond acceptors (Lipinski definition) is 2. The molecule has 74 valence electrons. The van der Waals surface area contributed by atoms with Gasteiger partial charge in [0.05, 0.1) is 6.21 Å². The van der Waals surface area contributed by atoms with E-state index in [1.54, 1.807) is 6.21 Å². The van der Waals surface area contributed by atoms with Gasteiger partial charge in [-0.05, 0) is 30.5 Å². The van der Waals surface area contributed by atoms with Crippen molar-refractivity contribution < 1.29 is 0 Å². The molecular weight excluding hydrogens is 176 g/mol. The highest BCUT2D eigenvalue weighted by molar-refractivity contribution is 5.83. The molecule has 0 aliphatic carbocycles. The van der Waals surface area contributed by atoms with Crippen LogP contribution in [0.25, 0.3) is 0 Å². The smallest absolute Gasteiger partial charge is 0.211 e. The van der Waals surface area contributed by atoms with Crippen LogP contribution in [0.15, 0.2) is 28.4 Å². The van der Waals surface area contributed by atoms with E-state index in [4.69, 9.17) is 11.5 Å². The van der Waals surface area contributed by atoms with E-state index in [1.165, 1.54) is 11.1 Å². The fourth-order valence-electron chi connectivity index (χ4n) is 1.07. The highest BCUT2D eigenvalue weighted by Gasteiger charge is 1.96. The summed E-state index contributed by atoms with van der Waals surface area (Å²) < 4.78 is 0. The number of guanidine groups is 1. The van der Waals surface area contributed by atoms with E-state index in [1.807, 2.05) is 32.0 Å². The van der Waals surface area contributed by atoms with Gasteiger partial charge in [0, 0.05) is 0 Å². The Bertz CT molecular complexity index is 376. The standard InChI is InChI=1S/C10H14N4/c1-7-4-3-5-9(8(7)2)6-13-14-10(11)12/h3-6H,1-2H3,(H4,11,12,14). The summed E-state index contributed by atoms with van der Waals surface area (Å²) in [5.41, 5.74) is 13.7. The summed E-state index contributed by atoms with van der Waals surface area (Å²) in [5.74, 6) is -0.0356. The third-order valence-corrected chi connectivity index (χ3v) is 2.02. The fraction of sp³-hybridized carbons (Fsp3) is 0.200. The SMILES string of the molecule is Cc1cccc(C=NN=C(N)N)c1C. The Balaban J connectivity index is 2.92. The summed E-state index contributed by atoms with van der Waals surface area (Å²) in [6.07, 6.45) is 1.64. The molecule has 4 N–H and O–H groups in total. The van der Waals surface area contributed by atoms with Gasteiger partial charge in [-0.25, -0.2) is 0 Å². The van der Waals surface area contributed by atoms with Crippen LogP contribution in [0.5, 0.6) is 0 Å². The second-order valence-corrected chi connectivity index (χ2v) is 3.06. The highest BCUT2D eigenvalue weighted by Crippen LogP contribution is 2.10. The van der Waals surface area contributed by atoms with Crippen LogP contribution in [0, 0.1) is 13.8 Å². The Morgan fingerprint density at radius 2 is 2.00 bits per heavy atom. The molecule has 0 unspecified atom stereocenters. The highest BCUT2D eigenvalue weighted by atomic mass is 15.3. The van der Waals surface area contributed by atoms with Crippen molar-refractivity contribution >= 4 is 12.2 Å². The Hall–Kier alpha value is -1.84. The van der Waals surface area contributed by atoms with Crippen LogP contribution in [-0.2, 0) is 0 Å². The van der Waals surface area contributed by atoms with Gasteiger partial charge in [0.25, 0.3) is 0 Å². The number of nitrogens with two attached hydrogens (primary N) is 2. The quantitative estimate of drug-likeness (QED) is 0.413. The lowest BCUT2D eigenvalue weighted by Gasteiger charge is -2.01. The van der Waals surface area contributed by atoms with E-state index in [0.717, 1.165) is 5.56 Å². The number of hydrogen-bond donors (Lipinski definition) is 2. The first-order valence-corrected chi connectivity index (χ1v) is 4.29. The van der Waals surface area contributed by atoms with Crippen molar-refractivity contribution in [3.05, 3.63) is 34.9 Å². The van der Waals surface area contributed by atoms with E-state index in [-0.39, 0.29) is 5.96 Å². The predicted molar refractivity (Wildman–Crippen MR) is 59.3 cm³/mol. The lowest BCUT2D eigenvalue weighted by Crippen LogP contribution is -2.21. The molecule has 0 aromatic heterocycles. The molecule has 0 fully saturated rings. The van der Waals surface area contributed by atoms with Crippen LogP contribution >= 0.6 is 0 Å². The first kappa shape index (κ1) is 10.2. The van der Waals surface area contributed by atoms with E-state index in [9.17, 15) is 0 Å². The van der Waals surface area contributed by atoms with Crippen LogP contribution in [0.3, 0.4) is 0 Å². The lowest BCUT2D eigenvalue weighted by atomic mass is 10.0. The molecule has 0 atom stereocenters. The molecule has 0 aliphatic heterocycles. The van der Waals surface area contributed by atoms with E-state index in [2.05, 4.69) is 10.2 Å². The number of nitrogens with zero attached hydrogens (tertiary/aromatic N) is 2. The first-order valence-electron chi connectivity index (χ1n) is 4.29.